The van der Waals surface area contributed by atoms with Crippen molar-refractivity contribution in [1.82, 2.24) is 0 Å². The van der Waals surface area contributed by atoms with Crippen molar-refractivity contribution in [1.29, 1.82) is 0 Å². The fourth-order valence-corrected chi connectivity index (χ4v) is 3.43. The quantitative estimate of drug-likeness (QED) is 0.753. The normalized spacial score (nSPS) is 11.0. The van der Waals surface area contributed by atoms with Crippen LogP contribution in [-0.2, 0) is 14.8 Å². The van der Waals surface area contributed by atoms with Gasteiger partial charge in [0.05, 0.1) is 21.8 Å². The molecule has 132 valence electrons. The third kappa shape index (κ3) is 4.32. The monoisotopic (exact) mass is 366 g/mol. The van der Waals surface area contributed by atoms with Crippen molar-refractivity contribution in [3.63, 3.8) is 0 Å². The molecular weight excluding hydrogens is 351 g/mol. The maximum absolute atomic E-state index is 13.6. The number of hydrogen-bond donors (Lipinski definition) is 3. The van der Waals surface area contributed by atoms with Crippen LogP contribution in [-0.4, -0.2) is 25.4 Å². The van der Waals surface area contributed by atoms with E-state index in [0.717, 1.165) is 18.2 Å². The zero-order valence-electron chi connectivity index (χ0n) is 13.3. The molecule has 0 unspecified atom stereocenters. The highest BCUT2D eigenvalue weighted by Gasteiger charge is 2.20. The molecule has 2 aromatic carbocycles. The molecule has 0 saturated carbocycles. The standard InChI is InChI=1S/C16H15FN2O5S/c1-9-3-4-11(16(21)22)7-15(9)25(23,24)19-12-5-6-13(17)14(8-12)18-10(2)20/h3-8,19H,1-2H3,(H,18,20)(H,21,22). The number of halogens is 1. The lowest BCUT2D eigenvalue weighted by molar-refractivity contribution is -0.114. The Balaban J connectivity index is 2.41. The summed E-state index contributed by atoms with van der Waals surface area (Å²) in [5, 5.41) is 11.3. The predicted molar refractivity (Wildman–Crippen MR) is 89.7 cm³/mol. The van der Waals surface area contributed by atoms with Crippen molar-refractivity contribution in [3.05, 3.63) is 53.3 Å². The van der Waals surface area contributed by atoms with E-state index in [9.17, 15) is 22.4 Å². The van der Waals surface area contributed by atoms with Gasteiger partial charge in [-0.15, -0.1) is 0 Å². The first-order chi connectivity index (χ1) is 11.6. The number of carbonyl (C=O) groups excluding carboxylic acids is 1. The van der Waals surface area contributed by atoms with Crippen LogP contribution in [0, 0.1) is 12.7 Å². The third-order valence-corrected chi connectivity index (χ3v) is 4.78. The summed E-state index contributed by atoms with van der Waals surface area (Å²) >= 11 is 0. The van der Waals surface area contributed by atoms with Crippen LogP contribution < -0.4 is 10.0 Å². The van der Waals surface area contributed by atoms with E-state index in [1.54, 1.807) is 0 Å². The van der Waals surface area contributed by atoms with Gasteiger partial charge in [-0.2, -0.15) is 0 Å². The van der Waals surface area contributed by atoms with Crippen molar-refractivity contribution in [2.45, 2.75) is 18.7 Å². The highest BCUT2D eigenvalue weighted by Crippen LogP contribution is 2.24. The van der Waals surface area contributed by atoms with Crippen LogP contribution in [0.2, 0.25) is 0 Å². The first kappa shape index (κ1) is 18.4. The summed E-state index contributed by atoms with van der Waals surface area (Å²) < 4.78 is 40.9. The molecule has 0 aromatic heterocycles. The first-order valence-corrected chi connectivity index (χ1v) is 8.52. The zero-order valence-corrected chi connectivity index (χ0v) is 14.1. The van der Waals surface area contributed by atoms with Gasteiger partial charge in [-0.1, -0.05) is 6.07 Å². The van der Waals surface area contributed by atoms with E-state index in [-0.39, 0.29) is 21.8 Å². The Morgan fingerprint density at radius 3 is 2.40 bits per heavy atom. The third-order valence-electron chi connectivity index (χ3n) is 3.25. The number of benzene rings is 2. The van der Waals surface area contributed by atoms with Crippen molar-refractivity contribution in [3.8, 4) is 0 Å². The molecule has 0 aliphatic heterocycles. The van der Waals surface area contributed by atoms with Crippen LogP contribution >= 0.6 is 0 Å². The molecule has 25 heavy (non-hydrogen) atoms. The van der Waals surface area contributed by atoms with Crippen LogP contribution in [0.25, 0.3) is 0 Å². The number of hydrogen-bond acceptors (Lipinski definition) is 4. The van der Waals surface area contributed by atoms with Gasteiger partial charge < -0.3 is 10.4 Å². The Labute approximate surface area is 143 Å². The number of sulfonamides is 1. The Kier molecular flexibility index (Phi) is 5.07. The van der Waals surface area contributed by atoms with Crippen molar-refractivity contribution in [2.24, 2.45) is 0 Å². The number of carboxylic acid groups (broad SMARTS) is 1. The van der Waals surface area contributed by atoms with Crippen LogP contribution in [0.1, 0.15) is 22.8 Å². The molecule has 1 amide bonds. The summed E-state index contributed by atoms with van der Waals surface area (Å²) in [6.07, 6.45) is 0. The van der Waals surface area contributed by atoms with Gasteiger partial charge in [-0.05, 0) is 42.8 Å². The highest BCUT2D eigenvalue weighted by atomic mass is 32.2. The summed E-state index contributed by atoms with van der Waals surface area (Å²) in [5.41, 5.74) is 0.0136. The van der Waals surface area contributed by atoms with E-state index in [1.807, 2.05) is 0 Å². The molecule has 9 heteroatoms. The number of rotatable bonds is 5. The molecule has 3 N–H and O–H groups in total. The molecule has 0 aliphatic rings. The van der Waals surface area contributed by atoms with Gasteiger partial charge >= 0.3 is 5.97 Å². The molecule has 0 atom stereocenters. The fourth-order valence-electron chi connectivity index (χ4n) is 2.11. The average molecular weight is 366 g/mol. The van der Waals surface area contributed by atoms with Gasteiger partial charge in [-0.3, -0.25) is 9.52 Å². The van der Waals surface area contributed by atoms with Gasteiger partial charge in [0.1, 0.15) is 5.82 Å². The predicted octanol–water partition coefficient (Wildman–Crippen LogP) is 2.59. The molecule has 7 nitrogen and oxygen atoms in total. The first-order valence-electron chi connectivity index (χ1n) is 7.04. The molecule has 2 aromatic rings. The van der Waals surface area contributed by atoms with Crippen LogP contribution in [0.3, 0.4) is 0 Å². The van der Waals surface area contributed by atoms with E-state index >= 15 is 0 Å². The number of carboxylic acids is 1. The Bertz CT molecular complexity index is 957. The number of anilines is 2. The number of nitrogens with one attached hydrogen (secondary N) is 2. The Morgan fingerprint density at radius 1 is 1.12 bits per heavy atom. The molecule has 0 bridgehead atoms. The number of aromatic carboxylic acids is 1. The molecule has 0 heterocycles. The maximum Gasteiger partial charge on any atom is 0.335 e. The number of aryl methyl sites for hydroxylation is 1. The average Bonchev–Trinajstić information content (AvgIpc) is 2.49. The van der Waals surface area contributed by atoms with E-state index in [0.29, 0.717) is 5.56 Å². The maximum atomic E-state index is 13.6. The lowest BCUT2D eigenvalue weighted by Gasteiger charge is -2.12. The minimum absolute atomic E-state index is 0.0188. The van der Waals surface area contributed by atoms with Crippen LogP contribution in [0.15, 0.2) is 41.3 Å². The molecule has 0 radical (unpaired) electrons. The summed E-state index contributed by atoms with van der Waals surface area (Å²) in [7, 11) is -4.11. The second-order valence-corrected chi connectivity index (χ2v) is 6.92. The summed E-state index contributed by atoms with van der Waals surface area (Å²) in [5.74, 6) is -2.49. The largest absolute Gasteiger partial charge is 0.478 e. The van der Waals surface area contributed by atoms with Crippen LogP contribution in [0.4, 0.5) is 15.8 Å². The van der Waals surface area contributed by atoms with Gasteiger partial charge in [0, 0.05) is 6.92 Å². The Hall–Kier alpha value is -2.94. The number of carbonyl (C=O) groups is 2. The molecule has 0 spiro atoms. The molecular formula is C16H15FN2O5S. The molecule has 0 saturated heterocycles. The van der Waals surface area contributed by atoms with Crippen molar-refractivity contribution in [2.75, 3.05) is 10.0 Å². The fraction of sp³-hybridized carbons (Fsp3) is 0.125. The lowest BCUT2D eigenvalue weighted by atomic mass is 10.1. The molecule has 2 rings (SSSR count). The molecule has 0 fully saturated rings. The summed E-state index contributed by atoms with van der Waals surface area (Å²) in [4.78, 5) is 21.9. The zero-order chi connectivity index (χ0) is 18.8. The highest BCUT2D eigenvalue weighted by molar-refractivity contribution is 7.92. The van der Waals surface area contributed by atoms with E-state index in [2.05, 4.69) is 10.0 Å². The van der Waals surface area contributed by atoms with Crippen LogP contribution in [0.5, 0.6) is 0 Å². The lowest BCUT2D eigenvalue weighted by Crippen LogP contribution is -2.16. The topological polar surface area (TPSA) is 113 Å². The summed E-state index contributed by atoms with van der Waals surface area (Å²) in [6.45, 7) is 2.71. The van der Waals surface area contributed by atoms with E-state index in [1.165, 1.54) is 32.0 Å². The second kappa shape index (κ2) is 6.89. The minimum atomic E-state index is -4.11. The smallest absolute Gasteiger partial charge is 0.335 e. The van der Waals surface area contributed by atoms with E-state index in [4.69, 9.17) is 5.11 Å². The van der Waals surface area contributed by atoms with Gasteiger partial charge in [0.2, 0.25) is 5.91 Å². The molecule has 0 aliphatic carbocycles. The van der Waals surface area contributed by atoms with E-state index < -0.39 is 27.7 Å². The SMILES string of the molecule is CC(=O)Nc1cc(NS(=O)(=O)c2cc(C(=O)O)ccc2C)ccc1F. The van der Waals surface area contributed by atoms with Crippen molar-refractivity contribution < 1.29 is 27.5 Å². The summed E-state index contributed by atoms with van der Waals surface area (Å²) in [6, 6.07) is 7.04. The van der Waals surface area contributed by atoms with Crippen molar-refractivity contribution >= 4 is 33.3 Å². The second-order valence-electron chi connectivity index (χ2n) is 5.27. The number of amides is 1. The minimum Gasteiger partial charge on any atom is -0.478 e. The Morgan fingerprint density at radius 2 is 1.80 bits per heavy atom. The van der Waals surface area contributed by atoms with Gasteiger partial charge in [0.25, 0.3) is 10.0 Å². The van der Waals surface area contributed by atoms with Gasteiger partial charge in [-0.25, -0.2) is 17.6 Å². The van der Waals surface area contributed by atoms with Gasteiger partial charge in [0.15, 0.2) is 0 Å².